The van der Waals surface area contributed by atoms with E-state index in [0.717, 1.165) is 18.7 Å². The number of ether oxygens (including phenoxy) is 1. The van der Waals surface area contributed by atoms with E-state index in [1.54, 1.807) is 13.2 Å². The molecule has 0 spiro atoms. The van der Waals surface area contributed by atoms with E-state index >= 15 is 0 Å². The van der Waals surface area contributed by atoms with Crippen LogP contribution in [0.2, 0.25) is 10.0 Å². The van der Waals surface area contributed by atoms with Crippen LogP contribution in [0.5, 0.6) is 0 Å². The standard InChI is InChI=1S/C15H21Cl2NO/c1-11(2)13(10-18-7-8-19-3)9-12-5-4-6-14(16)15(12)17/h4-6,9,11,18H,7-8,10H2,1-3H3. The van der Waals surface area contributed by atoms with Gasteiger partial charge in [-0.2, -0.15) is 0 Å². The average molecular weight is 302 g/mol. The van der Waals surface area contributed by atoms with Crippen molar-refractivity contribution in [3.05, 3.63) is 39.4 Å². The molecule has 1 aromatic carbocycles. The molecule has 19 heavy (non-hydrogen) atoms. The van der Waals surface area contributed by atoms with Crippen LogP contribution in [0.1, 0.15) is 19.4 Å². The summed E-state index contributed by atoms with van der Waals surface area (Å²) in [5, 5.41) is 4.55. The Labute approximate surface area is 125 Å². The van der Waals surface area contributed by atoms with E-state index in [0.29, 0.717) is 22.6 Å². The maximum atomic E-state index is 6.21. The second kappa shape index (κ2) is 8.60. The Bertz CT molecular complexity index is 430. The Morgan fingerprint density at radius 2 is 2.11 bits per heavy atom. The summed E-state index contributed by atoms with van der Waals surface area (Å²) < 4.78 is 5.02. The van der Waals surface area contributed by atoms with Crippen molar-refractivity contribution in [1.29, 1.82) is 0 Å². The number of hydrogen-bond donors (Lipinski definition) is 1. The van der Waals surface area contributed by atoms with Gasteiger partial charge in [-0.05, 0) is 17.5 Å². The first-order chi connectivity index (χ1) is 9.06. The lowest BCUT2D eigenvalue weighted by Gasteiger charge is -2.13. The van der Waals surface area contributed by atoms with Crippen molar-refractivity contribution in [3.8, 4) is 0 Å². The van der Waals surface area contributed by atoms with Crippen LogP contribution >= 0.6 is 23.2 Å². The zero-order valence-corrected chi connectivity index (χ0v) is 13.2. The first kappa shape index (κ1) is 16.5. The maximum absolute atomic E-state index is 6.21. The fourth-order valence-corrected chi connectivity index (χ4v) is 2.02. The van der Waals surface area contributed by atoms with Gasteiger partial charge in [-0.1, -0.05) is 60.8 Å². The van der Waals surface area contributed by atoms with Crippen molar-refractivity contribution in [3.63, 3.8) is 0 Å². The van der Waals surface area contributed by atoms with Crippen molar-refractivity contribution in [2.75, 3.05) is 26.8 Å². The molecule has 0 fully saturated rings. The van der Waals surface area contributed by atoms with Crippen molar-refractivity contribution < 1.29 is 4.74 Å². The van der Waals surface area contributed by atoms with Gasteiger partial charge in [0.25, 0.3) is 0 Å². The average Bonchev–Trinajstić information content (AvgIpc) is 2.37. The minimum Gasteiger partial charge on any atom is -0.383 e. The second-order valence-electron chi connectivity index (χ2n) is 4.69. The molecule has 0 saturated carbocycles. The second-order valence-corrected chi connectivity index (χ2v) is 5.47. The molecule has 1 N–H and O–H groups in total. The molecule has 0 amide bonds. The lowest BCUT2D eigenvalue weighted by molar-refractivity contribution is 0.200. The van der Waals surface area contributed by atoms with Crippen LogP contribution in [-0.4, -0.2) is 26.8 Å². The molecule has 0 radical (unpaired) electrons. The summed E-state index contributed by atoms with van der Waals surface area (Å²) in [6.45, 7) is 6.71. The minimum absolute atomic E-state index is 0.449. The Morgan fingerprint density at radius 3 is 2.74 bits per heavy atom. The highest BCUT2D eigenvalue weighted by Gasteiger charge is 2.07. The van der Waals surface area contributed by atoms with E-state index in [4.69, 9.17) is 27.9 Å². The molecule has 1 aromatic rings. The zero-order valence-electron chi connectivity index (χ0n) is 11.7. The SMILES string of the molecule is COCCNCC(=Cc1cccc(Cl)c1Cl)C(C)C. The Kier molecular flexibility index (Phi) is 7.47. The van der Waals surface area contributed by atoms with Gasteiger partial charge in [-0.25, -0.2) is 0 Å². The molecule has 0 aliphatic carbocycles. The predicted molar refractivity (Wildman–Crippen MR) is 84.0 cm³/mol. The zero-order chi connectivity index (χ0) is 14.3. The number of methoxy groups -OCH3 is 1. The summed E-state index contributed by atoms with van der Waals surface area (Å²) in [5.74, 6) is 0.449. The minimum atomic E-state index is 0.449. The van der Waals surface area contributed by atoms with Gasteiger partial charge in [0.05, 0.1) is 16.7 Å². The van der Waals surface area contributed by atoms with Crippen molar-refractivity contribution in [1.82, 2.24) is 5.32 Å². The van der Waals surface area contributed by atoms with E-state index in [-0.39, 0.29) is 0 Å². The summed E-state index contributed by atoms with van der Waals surface area (Å²) in [7, 11) is 1.70. The third-order valence-corrected chi connectivity index (χ3v) is 3.71. The highest BCUT2D eigenvalue weighted by molar-refractivity contribution is 6.42. The molecule has 1 rings (SSSR count). The molecule has 0 aliphatic rings. The molecule has 4 heteroatoms. The predicted octanol–water partition coefficient (Wildman–Crippen LogP) is 4.27. The van der Waals surface area contributed by atoms with Gasteiger partial charge in [-0.3, -0.25) is 0 Å². The smallest absolute Gasteiger partial charge is 0.0664 e. The van der Waals surface area contributed by atoms with Crippen molar-refractivity contribution in [2.24, 2.45) is 5.92 Å². The van der Waals surface area contributed by atoms with Crippen LogP contribution in [0.25, 0.3) is 6.08 Å². The highest BCUT2D eigenvalue weighted by Crippen LogP contribution is 2.28. The van der Waals surface area contributed by atoms with Gasteiger partial charge in [0.1, 0.15) is 0 Å². The van der Waals surface area contributed by atoms with Crippen LogP contribution in [0, 0.1) is 5.92 Å². The molecular weight excluding hydrogens is 281 g/mol. The Morgan fingerprint density at radius 1 is 1.37 bits per heavy atom. The lowest BCUT2D eigenvalue weighted by atomic mass is 10.00. The molecule has 0 atom stereocenters. The molecule has 0 aliphatic heterocycles. The Hall–Kier alpha value is -0.540. The van der Waals surface area contributed by atoms with E-state index in [1.165, 1.54) is 5.57 Å². The number of benzene rings is 1. The summed E-state index contributed by atoms with van der Waals surface area (Å²) >= 11 is 12.2. The highest BCUT2D eigenvalue weighted by atomic mass is 35.5. The normalized spacial score (nSPS) is 12.2. The van der Waals surface area contributed by atoms with Gasteiger partial charge in [0, 0.05) is 20.2 Å². The lowest BCUT2D eigenvalue weighted by Crippen LogP contribution is -2.23. The first-order valence-electron chi connectivity index (χ1n) is 6.40. The fraction of sp³-hybridized carbons (Fsp3) is 0.467. The molecule has 0 aromatic heterocycles. The molecular formula is C15H21Cl2NO. The van der Waals surface area contributed by atoms with Crippen LogP contribution in [0.15, 0.2) is 23.8 Å². The summed E-state index contributed by atoms with van der Waals surface area (Å²) in [4.78, 5) is 0. The van der Waals surface area contributed by atoms with Gasteiger partial charge < -0.3 is 10.1 Å². The summed E-state index contributed by atoms with van der Waals surface area (Å²) in [6.07, 6.45) is 2.11. The summed E-state index contributed by atoms with van der Waals surface area (Å²) in [5.41, 5.74) is 2.26. The third kappa shape index (κ3) is 5.53. The third-order valence-electron chi connectivity index (χ3n) is 2.88. The van der Waals surface area contributed by atoms with Gasteiger partial charge >= 0.3 is 0 Å². The largest absolute Gasteiger partial charge is 0.383 e. The van der Waals surface area contributed by atoms with Crippen molar-refractivity contribution >= 4 is 29.3 Å². The van der Waals surface area contributed by atoms with Gasteiger partial charge in [0.2, 0.25) is 0 Å². The van der Waals surface area contributed by atoms with Gasteiger partial charge in [-0.15, -0.1) is 0 Å². The van der Waals surface area contributed by atoms with Crippen LogP contribution in [-0.2, 0) is 4.74 Å². The topological polar surface area (TPSA) is 21.3 Å². The fourth-order valence-electron chi connectivity index (χ4n) is 1.66. The monoisotopic (exact) mass is 301 g/mol. The number of rotatable bonds is 7. The summed E-state index contributed by atoms with van der Waals surface area (Å²) in [6, 6.07) is 5.69. The van der Waals surface area contributed by atoms with E-state index in [9.17, 15) is 0 Å². The van der Waals surface area contributed by atoms with E-state index in [2.05, 4.69) is 25.2 Å². The number of nitrogens with one attached hydrogen (secondary N) is 1. The van der Waals surface area contributed by atoms with Crippen LogP contribution < -0.4 is 5.32 Å². The quantitative estimate of drug-likeness (QED) is 0.760. The van der Waals surface area contributed by atoms with Crippen LogP contribution in [0.3, 0.4) is 0 Å². The Balaban J connectivity index is 2.80. The molecule has 0 bridgehead atoms. The maximum Gasteiger partial charge on any atom is 0.0664 e. The van der Waals surface area contributed by atoms with E-state index < -0.39 is 0 Å². The molecule has 0 heterocycles. The number of hydrogen-bond acceptors (Lipinski definition) is 2. The van der Waals surface area contributed by atoms with Gasteiger partial charge in [0.15, 0.2) is 0 Å². The molecule has 106 valence electrons. The van der Waals surface area contributed by atoms with Crippen molar-refractivity contribution in [2.45, 2.75) is 13.8 Å². The number of halogens is 2. The van der Waals surface area contributed by atoms with Crippen LogP contribution in [0.4, 0.5) is 0 Å². The molecule has 2 nitrogen and oxygen atoms in total. The molecule has 0 saturated heterocycles. The van der Waals surface area contributed by atoms with E-state index in [1.807, 2.05) is 12.1 Å². The molecule has 0 unspecified atom stereocenters. The first-order valence-corrected chi connectivity index (χ1v) is 7.16.